The van der Waals surface area contributed by atoms with Crippen molar-refractivity contribution in [1.82, 2.24) is 9.78 Å². The summed E-state index contributed by atoms with van der Waals surface area (Å²) in [5.41, 5.74) is 0. The second kappa shape index (κ2) is 3.38. The fourth-order valence-corrected chi connectivity index (χ4v) is 1.60. The van der Waals surface area contributed by atoms with Crippen LogP contribution in [0, 0.1) is 0 Å². The van der Waals surface area contributed by atoms with Gasteiger partial charge in [-0.05, 0) is 13.3 Å². The van der Waals surface area contributed by atoms with Crippen molar-refractivity contribution in [2.24, 2.45) is 7.05 Å². The monoisotopic (exact) mass is 181 g/mol. The number of rotatable bonds is 2. The topological polar surface area (TPSA) is 39.1 Å². The summed E-state index contributed by atoms with van der Waals surface area (Å²) in [5, 5.41) is 7.61. The summed E-state index contributed by atoms with van der Waals surface area (Å²) in [7, 11) is 1.92. The first-order chi connectivity index (χ1) is 6.25. The SMILES string of the molecule is CC1OCCC1Nc1ccn(C)n1. The molecule has 4 heteroatoms. The number of hydrogen-bond acceptors (Lipinski definition) is 3. The lowest BCUT2D eigenvalue weighted by molar-refractivity contribution is 0.121. The Bertz CT molecular complexity index is 284. The lowest BCUT2D eigenvalue weighted by Crippen LogP contribution is -2.26. The normalized spacial score (nSPS) is 27.8. The van der Waals surface area contributed by atoms with Crippen LogP contribution in [0.4, 0.5) is 5.82 Å². The maximum Gasteiger partial charge on any atom is 0.148 e. The first-order valence-electron chi connectivity index (χ1n) is 4.63. The zero-order valence-electron chi connectivity index (χ0n) is 8.03. The first-order valence-corrected chi connectivity index (χ1v) is 4.63. The van der Waals surface area contributed by atoms with E-state index in [-0.39, 0.29) is 0 Å². The first kappa shape index (κ1) is 8.56. The Morgan fingerprint density at radius 3 is 3.08 bits per heavy atom. The molecule has 0 amide bonds. The van der Waals surface area contributed by atoms with Crippen molar-refractivity contribution >= 4 is 5.82 Å². The van der Waals surface area contributed by atoms with E-state index in [1.807, 2.05) is 19.3 Å². The standard InChI is InChI=1S/C9H15N3O/c1-7-8(4-6-13-7)10-9-3-5-12(2)11-9/h3,5,7-8H,4,6H2,1-2H3,(H,10,11). The van der Waals surface area contributed by atoms with Crippen molar-refractivity contribution in [2.75, 3.05) is 11.9 Å². The number of aryl methyl sites for hydroxylation is 1. The van der Waals surface area contributed by atoms with Crippen LogP contribution in [0.2, 0.25) is 0 Å². The smallest absolute Gasteiger partial charge is 0.148 e. The van der Waals surface area contributed by atoms with E-state index >= 15 is 0 Å². The highest BCUT2D eigenvalue weighted by atomic mass is 16.5. The van der Waals surface area contributed by atoms with E-state index in [2.05, 4.69) is 17.3 Å². The maximum atomic E-state index is 5.45. The summed E-state index contributed by atoms with van der Waals surface area (Å²) < 4.78 is 7.24. The maximum absolute atomic E-state index is 5.45. The predicted octanol–water partition coefficient (Wildman–Crippen LogP) is 1.01. The molecular weight excluding hydrogens is 166 g/mol. The van der Waals surface area contributed by atoms with Crippen molar-refractivity contribution in [1.29, 1.82) is 0 Å². The van der Waals surface area contributed by atoms with Gasteiger partial charge in [0.15, 0.2) is 0 Å². The second-order valence-corrected chi connectivity index (χ2v) is 3.49. The van der Waals surface area contributed by atoms with Gasteiger partial charge in [0.05, 0.1) is 12.1 Å². The van der Waals surface area contributed by atoms with Gasteiger partial charge in [0, 0.05) is 25.9 Å². The van der Waals surface area contributed by atoms with Crippen LogP contribution in [-0.4, -0.2) is 28.5 Å². The fourth-order valence-electron chi connectivity index (χ4n) is 1.60. The van der Waals surface area contributed by atoms with Crippen molar-refractivity contribution in [3.63, 3.8) is 0 Å². The summed E-state index contributed by atoms with van der Waals surface area (Å²) in [4.78, 5) is 0. The summed E-state index contributed by atoms with van der Waals surface area (Å²) in [5.74, 6) is 0.935. The van der Waals surface area contributed by atoms with Gasteiger partial charge < -0.3 is 10.1 Å². The third kappa shape index (κ3) is 1.83. The van der Waals surface area contributed by atoms with Crippen LogP contribution >= 0.6 is 0 Å². The zero-order valence-corrected chi connectivity index (χ0v) is 8.03. The van der Waals surface area contributed by atoms with Crippen LogP contribution in [0.25, 0.3) is 0 Å². The van der Waals surface area contributed by atoms with Crippen LogP contribution in [0.15, 0.2) is 12.3 Å². The molecule has 2 heterocycles. The minimum absolute atomic E-state index is 0.294. The molecule has 2 atom stereocenters. The highest BCUT2D eigenvalue weighted by Crippen LogP contribution is 2.17. The molecule has 1 aromatic heterocycles. The predicted molar refractivity (Wildman–Crippen MR) is 50.6 cm³/mol. The third-order valence-electron chi connectivity index (χ3n) is 2.42. The van der Waals surface area contributed by atoms with Crippen molar-refractivity contribution in [3.05, 3.63) is 12.3 Å². The number of anilines is 1. The van der Waals surface area contributed by atoms with Crippen LogP contribution in [-0.2, 0) is 11.8 Å². The molecule has 1 aliphatic heterocycles. The Labute approximate surface area is 77.9 Å². The van der Waals surface area contributed by atoms with Gasteiger partial charge in [0.2, 0.25) is 0 Å². The molecule has 2 rings (SSSR count). The van der Waals surface area contributed by atoms with Gasteiger partial charge >= 0.3 is 0 Å². The molecule has 0 bridgehead atoms. The lowest BCUT2D eigenvalue weighted by atomic mass is 10.1. The minimum Gasteiger partial charge on any atom is -0.376 e. The van der Waals surface area contributed by atoms with E-state index in [9.17, 15) is 0 Å². The number of nitrogens with zero attached hydrogens (tertiary/aromatic N) is 2. The van der Waals surface area contributed by atoms with Crippen LogP contribution in [0.3, 0.4) is 0 Å². The largest absolute Gasteiger partial charge is 0.376 e. The molecule has 4 nitrogen and oxygen atoms in total. The third-order valence-corrected chi connectivity index (χ3v) is 2.42. The lowest BCUT2D eigenvalue weighted by Gasteiger charge is -2.14. The van der Waals surface area contributed by atoms with E-state index < -0.39 is 0 Å². The highest BCUT2D eigenvalue weighted by molar-refractivity contribution is 5.34. The highest BCUT2D eigenvalue weighted by Gasteiger charge is 2.24. The average Bonchev–Trinajstić information content (AvgIpc) is 2.64. The molecule has 1 fully saturated rings. The number of ether oxygens (including phenoxy) is 1. The van der Waals surface area contributed by atoms with E-state index in [1.165, 1.54) is 0 Å². The Morgan fingerprint density at radius 1 is 1.69 bits per heavy atom. The van der Waals surface area contributed by atoms with E-state index in [0.717, 1.165) is 18.8 Å². The van der Waals surface area contributed by atoms with Crippen LogP contribution in [0.5, 0.6) is 0 Å². The molecule has 0 saturated carbocycles. The fraction of sp³-hybridized carbons (Fsp3) is 0.667. The molecule has 0 radical (unpaired) electrons. The van der Waals surface area contributed by atoms with Crippen molar-refractivity contribution in [3.8, 4) is 0 Å². The number of hydrogen-bond donors (Lipinski definition) is 1. The molecule has 13 heavy (non-hydrogen) atoms. The molecule has 0 aromatic carbocycles. The van der Waals surface area contributed by atoms with Gasteiger partial charge in [-0.25, -0.2) is 0 Å². The summed E-state index contributed by atoms with van der Waals surface area (Å²) in [6, 6.07) is 2.39. The van der Waals surface area contributed by atoms with E-state index in [1.54, 1.807) is 4.68 Å². The summed E-state index contributed by atoms with van der Waals surface area (Å²) in [6.07, 6.45) is 3.29. The van der Waals surface area contributed by atoms with Crippen LogP contribution < -0.4 is 5.32 Å². The molecule has 1 N–H and O–H groups in total. The summed E-state index contributed by atoms with van der Waals surface area (Å²) >= 11 is 0. The molecular formula is C9H15N3O. The van der Waals surface area contributed by atoms with Gasteiger partial charge in [0.25, 0.3) is 0 Å². The van der Waals surface area contributed by atoms with Gasteiger partial charge in [-0.15, -0.1) is 0 Å². The number of aromatic nitrogens is 2. The second-order valence-electron chi connectivity index (χ2n) is 3.49. The quantitative estimate of drug-likeness (QED) is 0.740. The molecule has 1 aromatic rings. The molecule has 0 aliphatic carbocycles. The molecule has 1 aliphatic rings. The van der Waals surface area contributed by atoms with Crippen molar-refractivity contribution in [2.45, 2.75) is 25.5 Å². The van der Waals surface area contributed by atoms with E-state index in [4.69, 9.17) is 4.74 Å². The zero-order chi connectivity index (χ0) is 9.26. The minimum atomic E-state index is 0.294. The van der Waals surface area contributed by atoms with Gasteiger partial charge in [-0.2, -0.15) is 5.10 Å². The molecule has 0 spiro atoms. The van der Waals surface area contributed by atoms with Gasteiger partial charge in [-0.3, -0.25) is 4.68 Å². The Hall–Kier alpha value is -1.03. The van der Waals surface area contributed by atoms with Crippen molar-refractivity contribution < 1.29 is 4.74 Å². The average molecular weight is 181 g/mol. The Morgan fingerprint density at radius 2 is 2.54 bits per heavy atom. The Kier molecular flexibility index (Phi) is 2.22. The van der Waals surface area contributed by atoms with Gasteiger partial charge in [-0.1, -0.05) is 0 Å². The molecule has 1 saturated heterocycles. The summed E-state index contributed by atoms with van der Waals surface area (Å²) in [6.45, 7) is 2.94. The van der Waals surface area contributed by atoms with Crippen LogP contribution in [0.1, 0.15) is 13.3 Å². The Balaban J connectivity index is 1.97. The molecule has 72 valence electrons. The molecule has 2 unspecified atom stereocenters. The van der Waals surface area contributed by atoms with E-state index in [0.29, 0.717) is 12.1 Å². The van der Waals surface area contributed by atoms with Gasteiger partial charge in [0.1, 0.15) is 5.82 Å². The number of nitrogens with one attached hydrogen (secondary N) is 1.